The monoisotopic (exact) mass is 445 g/mol. The molecule has 0 saturated carbocycles. The first-order valence-electron chi connectivity index (χ1n) is 9.94. The van der Waals surface area contributed by atoms with Gasteiger partial charge in [-0.05, 0) is 37.6 Å². The van der Waals surface area contributed by atoms with Crippen molar-refractivity contribution in [1.82, 2.24) is 23.8 Å². The van der Waals surface area contributed by atoms with Crippen LogP contribution in [0.5, 0.6) is 5.75 Å². The highest BCUT2D eigenvalue weighted by molar-refractivity contribution is 7.88. The SMILES string of the molecule is CCCCNS(=O)(=O)NC(=O)/C=C/c1c(C)nn(C)c1-n1ccc2ccc(OC)cc21. The van der Waals surface area contributed by atoms with E-state index in [1.165, 1.54) is 6.08 Å². The smallest absolute Gasteiger partial charge is 0.301 e. The summed E-state index contributed by atoms with van der Waals surface area (Å²) < 4.78 is 37.3. The molecule has 2 aromatic heterocycles. The van der Waals surface area contributed by atoms with Crippen LogP contribution in [0.1, 0.15) is 31.0 Å². The van der Waals surface area contributed by atoms with Gasteiger partial charge in [-0.1, -0.05) is 13.3 Å². The fraction of sp³-hybridized carbons (Fsp3) is 0.333. The van der Waals surface area contributed by atoms with Crippen LogP contribution in [-0.4, -0.2) is 42.3 Å². The van der Waals surface area contributed by atoms with Gasteiger partial charge >= 0.3 is 10.2 Å². The van der Waals surface area contributed by atoms with Gasteiger partial charge in [0.05, 0.1) is 18.3 Å². The summed E-state index contributed by atoms with van der Waals surface area (Å²) in [5.74, 6) is 0.731. The lowest BCUT2D eigenvalue weighted by Gasteiger charge is -2.09. The number of benzene rings is 1. The van der Waals surface area contributed by atoms with Gasteiger partial charge in [0.1, 0.15) is 11.6 Å². The lowest BCUT2D eigenvalue weighted by molar-refractivity contribution is -0.114. The fourth-order valence-corrected chi connectivity index (χ4v) is 4.13. The molecular weight excluding hydrogens is 418 g/mol. The van der Waals surface area contributed by atoms with Gasteiger partial charge in [-0.2, -0.15) is 18.2 Å². The van der Waals surface area contributed by atoms with Crippen molar-refractivity contribution < 1.29 is 17.9 Å². The Morgan fingerprint density at radius 3 is 2.77 bits per heavy atom. The first-order chi connectivity index (χ1) is 14.8. The number of rotatable bonds is 9. The highest BCUT2D eigenvalue weighted by Crippen LogP contribution is 2.28. The third kappa shape index (κ3) is 5.15. The molecule has 0 aliphatic rings. The van der Waals surface area contributed by atoms with Crippen molar-refractivity contribution in [3.8, 4) is 11.6 Å². The van der Waals surface area contributed by atoms with E-state index in [2.05, 4.69) is 9.82 Å². The Kier molecular flexibility index (Phi) is 6.81. The normalized spacial score (nSPS) is 12.0. The van der Waals surface area contributed by atoms with Crippen LogP contribution in [-0.2, 0) is 22.1 Å². The maximum absolute atomic E-state index is 12.2. The number of amides is 1. The highest BCUT2D eigenvalue weighted by atomic mass is 32.2. The van der Waals surface area contributed by atoms with Crippen molar-refractivity contribution in [3.63, 3.8) is 0 Å². The second-order valence-corrected chi connectivity index (χ2v) is 8.61. The number of hydrogen-bond donors (Lipinski definition) is 2. The third-order valence-electron chi connectivity index (χ3n) is 4.82. The van der Waals surface area contributed by atoms with Gasteiger partial charge in [-0.3, -0.25) is 9.48 Å². The molecule has 1 amide bonds. The van der Waals surface area contributed by atoms with Crippen molar-refractivity contribution in [2.75, 3.05) is 13.7 Å². The average Bonchev–Trinajstić information content (AvgIpc) is 3.24. The molecule has 9 nitrogen and oxygen atoms in total. The number of methoxy groups -OCH3 is 1. The lowest BCUT2D eigenvalue weighted by Crippen LogP contribution is -2.39. The summed E-state index contributed by atoms with van der Waals surface area (Å²) in [5, 5.41) is 5.49. The Morgan fingerprint density at radius 1 is 1.29 bits per heavy atom. The zero-order valence-electron chi connectivity index (χ0n) is 18.0. The second-order valence-electron chi connectivity index (χ2n) is 7.11. The summed E-state index contributed by atoms with van der Waals surface area (Å²) >= 11 is 0. The van der Waals surface area contributed by atoms with E-state index in [-0.39, 0.29) is 6.54 Å². The minimum absolute atomic E-state index is 0.277. The summed E-state index contributed by atoms with van der Waals surface area (Å²) in [6.07, 6.45) is 6.22. The lowest BCUT2D eigenvalue weighted by atomic mass is 10.2. The van der Waals surface area contributed by atoms with Gasteiger partial charge in [0.15, 0.2) is 0 Å². The van der Waals surface area contributed by atoms with Crippen LogP contribution < -0.4 is 14.2 Å². The van der Waals surface area contributed by atoms with Crippen molar-refractivity contribution >= 4 is 33.1 Å². The number of carbonyl (C=O) groups excluding carboxylic acids is 1. The van der Waals surface area contributed by atoms with Gasteiger partial charge in [-0.25, -0.2) is 4.72 Å². The molecule has 0 fully saturated rings. The molecule has 31 heavy (non-hydrogen) atoms. The number of ether oxygens (including phenoxy) is 1. The number of nitrogens with zero attached hydrogens (tertiary/aromatic N) is 3. The predicted molar refractivity (Wildman–Crippen MR) is 120 cm³/mol. The van der Waals surface area contributed by atoms with E-state index in [0.717, 1.165) is 28.9 Å². The zero-order valence-corrected chi connectivity index (χ0v) is 18.9. The largest absolute Gasteiger partial charge is 0.497 e. The van der Waals surface area contributed by atoms with Crippen molar-refractivity contribution in [1.29, 1.82) is 0 Å². The highest BCUT2D eigenvalue weighted by Gasteiger charge is 2.16. The Morgan fingerprint density at radius 2 is 2.06 bits per heavy atom. The molecule has 1 aromatic carbocycles. The minimum atomic E-state index is -3.89. The quantitative estimate of drug-likeness (QED) is 0.389. The number of unbranched alkanes of at least 4 members (excludes halogenated alkanes) is 1. The molecule has 0 unspecified atom stereocenters. The number of aromatic nitrogens is 3. The number of fused-ring (bicyclic) bond motifs is 1. The Balaban J connectivity index is 1.90. The molecule has 0 aliphatic heterocycles. The summed E-state index contributed by atoms with van der Waals surface area (Å²) in [5.41, 5.74) is 2.33. The number of hydrogen-bond acceptors (Lipinski definition) is 5. The van der Waals surface area contributed by atoms with Crippen LogP contribution in [0, 0.1) is 6.92 Å². The van der Waals surface area contributed by atoms with Crippen LogP contribution in [0.3, 0.4) is 0 Å². The second kappa shape index (κ2) is 9.36. The number of carbonyl (C=O) groups is 1. The van der Waals surface area contributed by atoms with E-state index < -0.39 is 16.1 Å². The first-order valence-corrected chi connectivity index (χ1v) is 11.4. The summed E-state index contributed by atoms with van der Waals surface area (Å²) in [6.45, 7) is 4.06. The van der Waals surface area contributed by atoms with E-state index >= 15 is 0 Å². The van der Waals surface area contributed by atoms with E-state index in [1.807, 2.05) is 60.6 Å². The Labute approximate surface area is 181 Å². The van der Waals surface area contributed by atoms with Crippen molar-refractivity contribution in [2.45, 2.75) is 26.7 Å². The number of nitrogens with one attached hydrogen (secondary N) is 2. The van der Waals surface area contributed by atoms with Gasteiger partial charge in [0.25, 0.3) is 5.91 Å². The Bertz CT molecular complexity index is 1220. The molecule has 0 atom stereocenters. The van der Waals surface area contributed by atoms with Crippen LogP contribution in [0.4, 0.5) is 0 Å². The molecule has 2 N–H and O–H groups in total. The fourth-order valence-electron chi connectivity index (χ4n) is 3.31. The summed E-state index contributed by atoms with van der Waals surface area (Å²) in [4.78, 5) is 12.2. The molecule has 2 heterocycles. The van der Waals surface area contributed by atoms with Gasteiger partial charge in [0, 0.05) is 42.9 Å². The molecule has 0 radical (unpaired) electrons. The van der Waals surface area contributed by atoms with Crippen LogP contribution in [0.25, 0.3) is 22.8 Å². The Hall–Kier alpha value is -3.11. The third-order valence-corrected chi connectivity index (χ3v) is 5.88. The van der Waals surface area contributed by atoms with Gasteiger partial charge in [-0.15, -0.1) is 0 Å². The van der Waals surface area contributed by atoms with Crippen LogP contribution >= 0.6 is 0 Å². The topological polar surface area (TPSA) is 107 Å². The van der Waals surface area contributed by atoms with Crippen molar-refractivity contribution in [2.24, 2.45) is 7.05 Å². The maximum Gasteiger partial charge on any atom is 0.301 e. The standard InChI is InChI=1S/C21H27N5O4S/c1-5-6-12-22-31(28,29)24-20(27)10-9-18-15(2)23-25(3)21(18)26-13-11-16-7-8-17(30-4)14-19(16)26/h7-11,13-14,22H,5-6,12H2,1-4H3,(H,24,27)/b10-9+. The molecule has 3 rings (SSSR count). The first kappa shape index (κ1) is 22.6. The molecular formula is C21H27N5O4S. The van der Waals surface area contributed by atoms with E-state index in [1.54, 1.807) is 17.9 Å². The summed E-state index contributed by atoms with van der Waals surface area (Å²) in [6, 6.07) is 7.76. The number of aryl methyl sites for hydroxylation is 2. The average molecular weight is 446 g/mol. The van der Waals surface area contributed by atoms with E-state index in [9.17, 15) is 13.2 Å². The minimum Gasteiger partial charge on any atom is -0.497 e. The molecule has 10 heteroatoms. The van der Waals surface area contributed by atoms with Crippen LogP contribution in [0.15, 0.2) is 36.5 Å². The molecule has 166 valence electrons. The van der Waals surface area contributed by atoms with Gasteiger partial charge < -0.3 is 9.30 Å². The molecule has 0 bridgehead atoms. The molecule has 0 saturated heterocycles. The predicted octanol–water partition coefficient (Wildman–Crippen LogP) is 2.44. The van der Waals surface area contributed by atoms with Crippen LogP contribution in [0.2, 0.25) is 0 Å². The van der Waals surface area contributed by atoms with E-state index in [4.69, 9.17) is 4.74 Å². The van der Waals surface area contributed by atoms with E-state index in [0.29, 0.717) is 17.7 Å². The molecule has 0 spiro atoms. The van der Waals surface area contributed by atoms with Crippen molar-refractivity contribution in [3.05, 3.63) is 47.8 Å². The van der Waals surface area contributed by atoms with Gasteiger partial charge in [0.2, 0.25) is 0 Å². The zero-order chi connectivity index (χ0) is 22.6. The molecule has 0 aliphatic carbocycles. The maximum atomic E-state index is 12.2. The molecule has 3 aromatic rings. The summed E-state index contributed by atoms with van der Waals surface area (Å²) in [7, 11) is -0.468.